The van der Waals surface area contributed by atoms with E-state index in [9.17, 15) is 9.59 Å². The third-order valence-corrected chi connectivity index (χ3v) is 2.20. The van der Waals surface area contributed by atoms with Crippen LogP contribution in [0, 0.1) is 0 Å². The number of aliphatic hydroxyl groups is 1. The molecule has 7 heteroatoms. The van der Waals surface area contributed by atoms with Crippen LogP contribution in [0.4, 0.5) is 0 Å². The number of morpholine rings is 1. The van der Waals surface area contributed by atoms with Crippen LogP contribution in [0.2, 0.25) is 0 Å². The number of aliphatic hydroxyl groups excluding tert-OH is 1. The lowest BCUT2D eigenvalue weighted by Gasteiger charge is -2.23. The van der Waals surface area contributed by atoms with Gasteiger partial charge in [-0.3, -0.25) is 4.79 Å². The number of hydrogen-bond acceptors (Lipinski definition) is 5. The average molecular weight is 232 g/mol. The lowest BCUT2D eigenvalue weighted by molar-refractivity contribution is -0.146. The molecule has 92 valence electrons. The Balaban J connectivity index is 2.17. The van der Waals surface area contributed by atoms with E-state index in [1.165, 1.54) is 0 Å². The molecule has 1 rings (SSSR count). The van der Waals surface area contributed by atoms with Gasteiger partial charge in [0.2, 0.25) is 5.91 Å². The minimum atomic E-state index is -1.56. The van der Waals surface area contributed by atoms with Gasteiger partial charge in [-0.15, -0.1) is 0 Å². The largest absolute Gasteiger partial charge is 0.479 e. The molecule has 0 bridgehead atoms. The second-order valence-electron chi connectivity index (χ2n) is 3.56. The first-order chi connectivity index (χ1) is 7.59. The molecule has 0 aliphatic carbocycles. The van der Waals surface area contributed by atoms with Crippen molar-refractivity contribution in [1.82, 2.24) is 10.6 Å². The van der Waals surface area contributed by atoms with Gasteiger partial charge in [0.05, 0.1) is 25.7 Å². The Morgan fingerprint density at radius 1 is 1.56 bits per heavy atom. The van der Waals surface area contributed by atoms with Crippen LogP contribution in [0.15, 0.2) is 0 Å². The van der Waals surface area contributed by atoms with Gasteiger partial charge in [0.25, 0.3) is 0 Å². The monoisotopic (exact) mass is 232 g/mol. The number of carboxylic acids is 1. The average Bonchev–Trinajstić information content (AvgIpc) is 2.27. The third kappa shape index (κ3) is 4.56. The van der Waals surface area contributed by atoms with Crippen molar-refractivity contribution >= 4 is 11.9 Å². The van der Waals surface area contributed by atoms with Crippen LogP contribution in [0.25, 0.3) is 0 Å². The second kappa shape index (κ2) is 6.41. The van der Waals surface area contributed by atoms with Gasteiger partial charge >= 0.3 is 5.97 Å². The minimum Gasteiger partial charge on any atom is -0.479 e. The summed E-state index contributed by atoms with van der Waals surface area (Å²) in [7, 11) is 0. The fraction of sp³-hybridized carbons (Fsp3) is 0.778. The van der Waals surface area contributed by atoms with E-state index < -0.39 is 12.1 Å². The third-order valence-electron chi connectivity index (χ3n) is 2.20. The summed E-state index contributed by atoms with van der Waals surface area (Å²) in [5, 5.41) is 22.7. The zero-order chi connectivity index (χ0) is 12.0. The van der Waals surface area contributed by atoms with Crippen LogP contribution < -0.4 is 10.6 Å². The number of carbonyl (C=O) groups is 2. The zero-order valence-electron chi connectivity index (χ0n) is 8.81. The van der Waals surface area contributed by atoms with E-state index in [-0.39, 0.29) is 25.0 Å². The van der Waals surface area contributed by atoms with Crippen LogP contribution in [-0.2, 0) is 14.3 Å². The standard InChI is InChI=1S/C9H16N2O5/c12-7(9(14)15)5-11-8(13)3-6-4-10-1-2-16-6/h6-7,10,12H,1-5H2,(H,11,13)(H,14,15)/t6?,7-/m0/s1. The molecule has 0 aromatic rings. The number of amides is 1. The Hall–Kier alpha value is -1.18. The van der Waals surface area contributed by atoms with E-state index in [1.807, 2.05) is 0 Å². The van der Waals surface area contributed by atoms with Crippen LogP contribution in [0.1, 0.15) is 6.42 Å². The smallest absolute Gasteiger partial charge is 0.334 e. The highest BCUT2D eigenvalue weighted by Crippen LogP contribution is 2.00. The second-order valence-corrected chi connectivity index (χ2v) is 3.56. The van der Waals surface area contributed by atoms with Gasteiger partial charge in [-0.25, -0.2) is 4.79 Å². The van der Waals surface area contributed by atoms with Gasteiger partial charge in [0.1, 0.15) is 0 Å². The van der Waals surface area contributed by atoms with E-state index in [1.54, 1.807) is 0 Å². The molecule has 4 N–H and O–H groups in total. The molecule has 1 aliphatic heterocycles. The summed E-state index contributed by atoms with van der Waals surface area (Å²) in [5.41, 5.74) is 0. The molecular formula is C9H16N2O5. The molecule has 16 heavy (non-hydrogen) atoms. The quantitative estimate of drug-likeness (QED) is 0.433. The number of carbonyl (C=O) groups excluding carboxylic acids is 1. The van der Waals surface area contributed by atoms with Crippen molar-refractivity contribution in [3.63, 3.8) is 0 Å². The highest BCUT2D eigenvalue weighted by molar-refractivity contribution is 5.78. The maximum atomic E-state index is 11.3. The van der Waals surface area contributed by atoms with Crippen LogP contribution >= 0.6 is 0 Å². The fourth-order valence-corrected chi connectivity index (χ4v) is 1.33. The van der Waals surface area contributed by atoms with Crippen LogP contribution in [0.3, 0.4) is 0 Å². The molecule has 0 aromatic carbocycles. The first-order valence-electron chi connectivity index (χ1n) is 5.09. The van der Waals surface area contributed by atoms with Crippen molar-refractivity contribution in [3.05, 3.63) is 0 Å². The first kappa shape index (κ1) is 12.9. The molecule has 1 heterocycles. The van der Waals surface area contributed by atoms with Crippen molar-refractivity contribution in [1.29, 1.82) is 0 Å². The van der Waals surface area contributed by atoms with Crippen molar-refractivity contribution < 1.29 is 24.5 Å². The van der Waals surface area contributed by atoms with Gasteiger partial charge < -0.3 is 25.6 Å². The Kier molecular flexibility index (Phi) is 5.17. The van der Waals surface area contributed by atoms with Gasteiger partial charge in [-0.2, -0.15) is 0 Å². The molecular weight excluding hydrogens is 216 g/mol. The Morgan fingerprint density at radius 3 is 2.88 bits per heavy atom. The summed E-state index contributed by atoms with van der Waals surface area (Å²) >= 11 is 0. The topological polar surface area (TPSA) is 108 Å². The lowest BCUT2D eigenvalue weighted by Crippen LogP contribution is -2.43. The SMILES string of the molecule is O=C(CC1CNCCO1)NC[C@H](O)C(=O)O. The molecule has 0 radical (unpaired) electrons. The molecule has 1 aliphatic rings. The number of aliphatic carboxylic acids is 1. The molecule has 0 saturated carbocycles. The van der Waals surface area contributed by atoms with E-state index in [4.69, 9.17) is 14.9 Å². The summed E-state index contributed by atoms with van der Waals surface area (Å²) in [6, 6.07) is 0. The molecule has 7 nitrogen and oxygen atoms in total. The van der Waals surface area contributed by atoms with Gasteiger partial charge in [0, 0.05) is 13.1 Å². The number of carboxylic acid groups (broad SMARTS) is 1. The highest BCUT2D eigenvalue weighted by atomic mass is 16.5. The summed E-state index contributed by atoms with van der Waals surface area (Å²) in [6.07, 6.45) is -1.58. The molecule has 2 atom stereocenters. The lowest BCUT2D eigenvalue weighted by atomic mass is 10.2. The Morgan fingerprint density at radius 2 is 2.31 bits per heavy atom. The highest BCUT2D eigenvalue weighted by Gasteiger charge is 2.19. The van der Waals surface area contributed by atoms with E-state index in [0.717, 1.165) is 6.54 Å². The van der Waals surface area contributed by atoms with E-state index >= 15 is 0 Å². The van der Waals surface area contributed by atoms with Crippen molar-refractivity contribution in [3.8, 4) is 0 Å². The Bertz CT molecular complexity index is 252. The Labute approximate surface area is 92.8 Å². The summed E-state index contributed by atoms with van der Waals surface area (Å²) < 4.78 is 5.30. The predicted octanol–water partition coefficient (Wildman–Crippen LogP) is -2.07. The van der Waals surface area contributed by atoms with Gasteiger partial charge in [0.15, 0.2) is 6.10 Å². The minimum absolute atomic E-state index is 0.166. The summed E-state index contributed by atoms with van der Waals surface area (Å²) in [5.74, 6) is -1.68. The molecule has 0 spiro atoms. The molecule has 1 unspecified atom stereocenters. The number of rotatable bonds is 5. The molecule has 1 amide bonds. The normalized spacial score (nSPS) is 22.4. The number of nitrogens with one attached hydrogen (secondary N) is 2. The summed E-state index contributed by atoms with van der Waals surface area (Å²) in [6.45, 7) is 1.66. The molecule has 1 saturated heterocycles. The van der Waals surface area contributed by atoms with Crippen molar-refractivity contribution in [2.45, 2.75) is 18.6 Å². The zero-order valence-corrected chi connectivity index (χ0v) is 8.81. The van der Waals surface area contributed by atoms with Gasteiger partial charge in [-0.05, 0) is 0 Å². The van der Waals surface area contributed by atoms with E-state index in [0.29, 0.717) is 13.2 Å². The molecule has 0 aromatic heterocycles. The van der Waals surface area contributed by atoms with Crippen molar-refractivity contribution in [2.75, 3.05) is 26.2 Å². The maximum Gasteiger partial charge on any atom is 0.334 e. The van der Waals surface area contributed by atoms with Crippen molar-refractivity contribution in [2.24, 2.45) is 0 Å². The van der Waals surface area contributed by atoms with Crippen LogP contribution in [0.5, 0.6) is 0 Å². The number of ether oxygens (including phenoxy) is 1. The maximum absolute atomic E-state index is 11.3. The van der Waals surface area contributed by atoms with Crippen LogP contribution in [-0.4, -0.2) is 60.5 Å². The summed E-state index contributed by atoms with van der Waals surface area (Å²) in [4.78, 5) is 21.6. The van der Waals surface area contributed by atoms with E-state index in [2.05, 4.69) is 10.6 Å². The molecule has 1 fully saturated rings. The fourth-order valence-electron chi connectivity index (χ4n) is 1.33. The first-order valence-corrected chi connectivity index (χ1v) is 5.09. The van der Waals surface area contributed by atoms with Gasteiger partial charge in [-0.1, -0.05) is 0 Å². The number of hydrogen-bond donors (Lipinski definition) is 4. The predicted molar refractivity (Wildman–Crippen MR) is 53.9 cm³/mol.